The van der Waals surface area contributed by atoms with E-state index in [1.807, 2.05) is 24.3 Å². The van der Waals surface area contributed by atoms with Crippen LogP contribution in [-0.4, -0.2) is 36.6 Å². The standard InChI is InChI=1S/C15H18N2O3/c1-2-7-16-9-14(18)17-10-11(8-15(19)20)12-5-3-4-6-13(12)17/h2-6,11,16H,1,7-10H2,(H,19,20). The summed E-state index contributed by atoms with van der Waals surface area (Å²) in [6.45, 7) is 4.81. The molecule has 1 aliphatic heterocycles. The number of nitrogens with one attached hydrogen (secondary N) is 1. The van der Waals surface area contributed by atoms with Crippen molar-refractivity contribution in [1.29, 1.82) is 0 Å². The van der Waals surface area contributed by atoms with Crippen molar-refractivity contribution in [2.45, 2.75) is 12.3 Å². The number of carbonyl (C=O) groups is 2. The molecule has 1 unspecified atom stereocenters. The third-order valence-corrected chi connectivity index (χ3v) is 3.36. The molecule has 0 spiro atoms. The lowest BCUT2D eigenvalue weighted by molar-refractivity contribution is -0.137. The van der Waals surface area contributed by atoms with Crippen LogP contribution in [0, 0.1) is 0 Å². The molecular weight excluding hydrogens is 256 g/mol. The molecule has 0 aromatic heterocycles. The second kappa shape index (κ2) is 6.34. The molecule has 0 fully saturated rings. The van der Waals surface area contributed by atoms with Crippen molar-refractivity contribution < 1.29 is 14.7 Å². The third-order valence-electron chi connectivity index (χ3n) is 3.36. The molecule has 1 heterocycles. The van der Waals surface area contributed by atoms with E-state index in [9.17, 15) is 9.59 Å². The summed E-state index contributed by atoms with van der Waals surface area (Å²) in [5.74, 6) is -1.02. The molecule has 1 amide bonds. The summed E-state index contributed by atoms with van der Waals surface area (Å²) in [5.41, 5.74) is 1.76. The number of benzene rings is 1. The van der Waals surface area contributed by atoms with Gasteiger partial charge >= 0.3 is 5.97 Å². The molecule has 0 radical (unpaired) electrons. The first-order chi connectivity index (χ1) is 9.63. The van der Waals surface area contributed by atoms with E-state index >= 15 is 0 Å². The van der Waals surface area contributed by atoms with Gasteiger partial charge in [-0.3, -0.25) is 9.59 Å². The molecule has 0 saturated carbocycles. The normalized spacial score (nSPS) is 16.8. The first kappa shape index (κ1) is 14.3. The van der Waals surface area contributed by atoms with Gasteiger partial charge in [-0.25, -0.2) is 0 Å². The number of rotatable bonds is 6. The number of nitrogens with zero attached hydrogens (tertiary/aromatic N) is 1. The number of fused-ring (bicyclic) bond motifs is 1. The largest absolute Gasteiger partial charge is 0.481 e. The molecule has 106 valence electrons. The van der Waals surface area contributed by atoms with Gasteiger partial charge in [-0.15, -0.1) is 6.58 Å². The summed E-state index contributed by atoms with van der Waals surface area (Å²) in [6, 6.07) is 7.49. The van der Waals surface area contributed by atoms with Crippen molar-refractivity contribution >= 4 is 17.6 Å². The number of hydrogen-bond acceptors (Lipinski definition) is 3. The van der Waals surface area contributed by atoms with Crippen LogP contribution in [0.3, 0.4) is 0 Å². The molecule has 1 aromatic rings. The summed E-state index contributed by atoms with van der Waals surface area (Å²) >= 11 is 0. The fourth-order valence-electron chi connectivity index (χ4n) is 2.49. The lowest BCUT2D eigenvalue weighted by Gasteiger charge is -2.17. The highest BCUT2D eigenvalue weighted by molar-refractivity contribution is 5.97. The van der Waals surface area contributed by atoms with Crippen molar-refractivity contribution in [2.24, 2.45) is 0 Å². The summed E-state index contributed by atoms with van der Waals surface area (Å²) in [4.78, 5) is 24.8. The lowest BCUT2D eigenvalue weighted by atomic mass is 9.98. The van der Waals surface area contributed by atoms with E-state index in [1.165, 1.54) is 0 Å². The number of carboxylic acids is 1. The molecule has 2 N–H and O–H groups in total. The summed E-state index contributed by atoms with van der Waals surface area (Å²) in [6.07, 6.45) is 1.74. The van der Waals surface area contributed by atoms with Gasteiger partial charge in [0.25, 0.3) is 0 Å². The lowest BCUT2D eigenvalue weighted by Crippen LogP contribution is -2.37. The van der Waals surface area contributed by atoms with Crippen LogP contribution in [-0.2, 0) is 9.59 Å². The predicted octanol–water partition coefficient (Wildman–Crippen LogP) is 1.37. The van der Waals surface area contributed by atoms with Crippen molar-refractivity contribution in [1.82, 2.24) is 5.32 Å². The smallest absolute Gasteiger partial charge is 0.304 e. The van der Waals surface area contributed by atoms with E-state index in [1.54, 1.807) is 11.0 Å². The van der Waals surface area contributed by atoms with Crippen LogP contribution < -0.4 is 10.2 Å². The van der Waals surface area contributed by atoms with E-state index < -0.39 is 5.97 Å². The molecule has 5 nitrogen and oxygen atoms in total. The van der Waals surface area contributed by atoms with Crippen LogP contribution in [0.25, 0.3) is 0 Å². The van der Waals surface area contributed by atoms with Crippen LogP contribution in [0.15, 0.2) is 36.9 Å². The predicted molar refractivity (Wildman–Crippen MR) is 76.9 cm³/mol. The number of carbonyl (C=O) groups excluding carboxylic acids is 1. The topological polar surface area (TPSA) is 69.6 Å². The van der Waals surface area contributed by atoms with Gasteiger partial charge in [-0.05, 0) is 11.6 Å². The minimum absolute atomic E-state index is 0.0425. The van der Waals surface area contributed by atoms with Gasteiger partial charge < -0.3 is 15.3 Å². The van der Waals surface area contributed by atoms with Gasteiger partial charge in [-0.1, -0.05) is 24.3 Å². The van der Waals surface area contributed by atoms with Crippen molar-refractivity contribution in [3.05, 3.63) is 42.5 Å². The van der Waals surface area contributed by atoms with Crippen LogP contribution in [0.5, 0.6) is 0 Å². The van der Waals surface area contributed by atoms with Crippen LogP contribution >= 0.6 is 0 Å². The van der Waals surface area contributed by atoms with E-state index in [0.717, 1.165) is 11.3 Å². The minimum Gasteiger partial charge on any atom is -0.481 e. The molecule has 20 heavy (non-hydrogen) atoms. The Hall–Kier alpha value is -2.14. The van der Waals surface area contributed by atoms with E-state index in [4.69, 9.17) is 5.11 Å². The Kier molecular flexibility index (Phi) is 4.53. The Morgan fingerprint density at radius 2 is 2.20 bits per heavy atom. The van der Waals surface area contributed by atoms with E-state index in [0.29, 0.717) is 13.1 Å². The zero-order valence-electron chi connectivity index (χ0n) is 11.2. The second-order valence-electron chi connectivity index (χ2n) is 4.78. The Bertz CT molecular complexity index is 528. The summed E-state index contributed by atoms with van der Waals surface area (Å²) in [7, 11) is 0. The van der Waals surface area contributed by atoms with Gasteiger partial charge in [0.2, 0.25) is 5.91 Å². The van der Waals surface area contributed by atoms with Gasteiger partial charge in [-0.2, -0.15) is 0 Å². The fourth-order valence-corrected chi connectivity index (χ4v) is 2.49. The average molecular weight is 274 g/mol. The Morgan fingerprint density at radius 3 is 2.90 bits per heavy atom. The molecule has 1 atom stereocenters. The molecule has 1 aliphatic rings. The molecule has 5 heteroatoms. The number of aliphatic carboxylic acids is 1. The number of para-hydroxylation sites is 1. The maximum absolute atomic E-state index is 12.2. The average Bonchev–Trinajstić information content (AvgIpc) is 2.78. The van der Waals surface area contributed by atoms with Gasteiger partial charge in [0.15, 0.2) is 0 Å². The van der Waals surface area contributed by atoms with Gasteiger partial charge in [0, 0.05) is 24.7 Å². The Labute approximate surface area is 117 Å². The Balaban J connectivity index is 2.14. The monoisotopic (exact) mass is 274 g/mol. The first-order valence-electron chi connectivity index (χ1n) is 6.56. The van der Waals surface area contributed by atoms with Crippen LogP contribution in [0.4, 0.5) is 5.69 Å². The quantitative estimate of drug-likeness (QED) is 0.607. The SMILES string of the molecule is C=CCNCC(=O)N1CC(CC(=O)O)c2ccccc21. The zero-order valence-corrected chi connectivity index (χ0v) is 11.2. The molecule has 0 aliphatic carbocycles. The van der Waals surface area contributed by atoms with Gasteiger partial charge in [0.1, 0.15) is 0 Å². The molecule has 0 bridgehead atoms. The highest BCUT2D eigenvalue weighted by Crippen LogP contribution is 2.37. The van der Waals surface area contributed by atoms with Gasteiger partial charge in [0.05, 0.1) is 13.0 Å². The van der Waals surface area contributed by atoms with Crippen LogP contribution in [0.2, 0.25) is 0 Å². The summed E-state index contributed by atoms with van der Waals surface area (Å²) in [5, 5.41) is 11.9. The maximum Gasteiger partial charge on any atom is 0.304 e. The highest BCUT2D eigenvalue weighted by atomic mass is 16.4. The molecule has 2 rings (SSSR count). The van der Waals surface area contributed by atoms with Crippen molar-refractivity contribution in [3.63, 3.8) is 0 Å². The zero-order chi connectivity index (χ0) is 14.5. The molecule has 0 saturated heterocycles. The van der Waals surface area contributed by atoms with E-state index in [-0.39, 0.29) is 24.8 Å². The van der Waals surface area contributed by atoms with Crippen LogP contribution in [0.1, 0.15) is 17.9 Å². The minimum atomic E-state index is -0.844. The second-order valence-corrected chi connectivity index (χ2v) is 4.78. The number of carboxylic acid groups (broad SMARTS) is 1. The molecule has 1 aromatic carbocycles. The fraction of sp³-hybridized carbons (Fsp3) is 0.333. The first-order valence-corrected chi connectivity index (χ1v) is 6.56. The number of amides is 1. The third kappa shape index (κ3) is 3.05. The molecular formula is C15H18N2O3. The van der Waals surface area contributed by atoms with Crippen molar-refractivity contribution in [2.75, 3.05) is 24.5 Å². The number of anilines is 1. The Morgan fingerprint density at radius 1 is 1.45 bits per heavy atom. The van der Waals surface area contributed by atoms with Crippen molar-refractivity contribution in [3.8, 4) is 0 Å². The summed E-state index contributed by atoms with van der Waals surface area (Å²) < 4.78 is 0. The van der Waals surface area contributed by atoms with E-state index in [2.05, 4.69) is 11.9 Å². The highest BCUT2D eigenvalue weighted by Gasteiger charge is 2.32. The maximum atomic E-state index is 12.2. The number of hydrogen-bond donors (Lipinski definition) is 2.